The zero-order valence-electron chi connectivity index (χ0n) is 14.9. The van der Waals surface area contributed by atoms with Gasteiger partial charge in [-0.25, -0.2) is 12.8 Å². The summed E-state index contributed by atoms with van der Waals surface area (Å²) in [7, 11) is 0.837. The number of hydrogen-bond donors (Lipinski definition) is 0. The number of hydrogen-bond acceptors (Lipinski definition) is 5. The molecule has 1 fully saturated rings. The molecular weight excluding hydrogens is 522 g/mol. The van der Waals surface area contributed by atoms with Crippen LogP contribution in [0.5, 0.6) is 5.75 Å². The van der Waals surface area contributed by atoms with Crippen molar-refractivity contribution >= 4 is 51.3 Å². The number of ether oxygens (including phenoxy) is 1. The van der Waals surface area contributed by atoms with Crippen LogP contribution in [0.15, 0.2) is 17.0 Å². The van der Waals surface area contributed by atoms with Crippen LogP contribution in [0.3, 0.4) is 0 Å². The van der Waals surface area contributed by atoms with E-state index in [0.717, 1.165) is 0 Å². The Morgan fingerprint density at radius 3 is 2.56 bits per heavy atom. The minimum atomic E-state index is -3.75. The number of nitriles is 1. The van der Waals surface area contributed by atoms with Crippen LogP contribution in [0.4, 0.5) is 4.39 Å². The molecular formula is C17H21FINO4P2S. The largest absolute Gasteiger partial charge is 0.490 e. The second kappa shape index (κ2) is 7.32. The van der Waals surface area contributed by atoms with Crippen LogP contribution in [0.25, 0.3) is 0 Å². The number of alkyl halides is 1. The normalized spacial score (nSPS) is 30.3. The molecule has 4 unspecified atom stereocenters. The molecule has 1 saturated carbocycles. The summed E-state index contributed by atoms with van der Waals surface area (Å²) in [5, 5.41) is 9.14. The Morgan fingerprint density at radius 1 is 1.41 bits per heavy atom. The molecule has 0 spiro atoms. The van der Waals surface area contributed by atoms with Gasteiger partial charge in [0.25, 0.3) is 0 Å². The smallest absolute Gasteiger partial charge is 0.191 e. The van der Waals surface area contributed by atoms with Gasteiger partial charge in [0.05, 0.1) is 16.4 Å². The molecule has 1 aromatic carbocycles. The van der Waals surface area contributed by atoms with E-state index in [0.29, 0.717) is 29.7 Å². The van der Waals surface area contributed by atoms with E-state index in [4.69, 9.17) is 13.1 Å². The van der Waals surface area contributed by atoms with Crippen LogP contribution in [0.2, 0.25) is 0 Å². The van der Waals surface area contributed by atoms with Crippen molar-refractivity contribution in [1.29, 1.82) is 5.26 Å². The molecule has 27 heavy (non-hydrogen) atoms. The molecule has 4 atom stereocenters. The first-order chi connectivity index (χ1) is 12.4. The van der Waals surface area contributed by atoms with E-state index >= 15 is 0 Å². The fourth-order valence-electron chi connectivity index (χ4n) is 3.61. The molecule has 0 saturated heterocycles. The van der Waals surface area contributed by atoms with Crippen molar-refractivity contribution in [3.8, 4) is 11.8 Å². The van der Waals surface area contributed by atoms with Gasteiger partial charge in [-0.1, -0.05) is 0 Å². The molecule has 5 nitrogen and oxygen atoms in total. The van der Waals surface area contributed by atoms with Crippen LogP contribution < -0.4 is 4.74 Å². The SMILES string of the molecule is CC1(C#N)CC(Oc2ccc(S(=O)(=O)C(C)(P)P)c3c2CC(F)C3OI)C1. The third-order valence-corrected chi connectivity index (χ3v) is 9.67. The van der Waals surface area contributed by atoms with Gasteiger partial charge in [0.1, 0.15) is 51.4 Å². The highest BCUT2D eigenvalue weighted by molar-refractivity contribution is 14.1. The minimum absolute atomic E-state index is 0.0361. The van der Waals surface area contributed by atoms with Crippen molar-refractivity contribution in [2.24, 2.45) is 5.41 Å². The van der Waals surface area contributed by atoms with Crippen LogP contribution >= 0.6 is 41.5 Å². The first-order valence-electron chi connectivity index (χ1n) is 8.41. The van der Waals surface area contributed by atoms with Gasteiger partial charge >= 0.3 is 0 Å². The molecule has 1 aromatic rings. The van der Waals surface area contributed by atoms with E-state index in [2.05, 4.69) is 24.5 Å². The summed E-state index contributed by atoms with van der Waals surface area (Å²) in [6.07, 6.45) is -1.21. The van der Waals surface area contributed by atoms with Gasteiger partial charge in [-0.05, 0) is 26.0 Å². The van der Waals surface area contributed by atoms with Crippen molar-refractivity contribution in [1.82, 2.24) is 0 Å². The van der Waals surface area contributed by atoms with Gasteiger partial charge in [0.15, 0.2) is 9.84 Å². The highest BCUT2D eigenvalue weighted by atomic mass is 127. The highest BCUT2D eigenvalue weighted by Gasteiger charge is 2.45. The van der Waals surface area contributed by atoms with E-state index < -0.39 is 31.8 Å². The van der Waals surface area contributed by atoms with Gasteiger partial charge in [-0.15, -0.1) is 18.5 Å². The lowest BCUT2D eigenvalue weighted by atomic mass is 9.69. The first-order valence-corrected chi connectivity index (χ1v) is 11.9. The maximum absolute atomic E-state index is 14.6. The second-order valence-electron chi connectivity index (χ2n) is 7.69. The van der Waals surface area contributed by atoms with Gasteiger partial charge in [-0.3, -0.25) is 0 Å². The number of rotatable bonds is 5. The van der Waals surface area contributed by atoms with Gasteiger partial charge < -0.3 is 7.80 Å². The number of sulfone groups is 1. The van der Waals surface area contributed by atoms with E-state index in [1.54, 1.807) is 36.0 Å². The lowest BCUT2D eigenvalue weighted by Crippen LogP contribution is -2.41. The molecule has 0 heterocycles. The Labute approximate surface area is 177 Å². The summed E-state index contributed by atoms with van der Waals surface area (Å²) >= 11 is 1.61. The highest BCUT2D eigenvalue weighted by Crippen LogP contribution is 2.50. The second-order valence-corrected chi connectivity index (χ2v) is 14.4. The zero-order chi connectivity index (χ0) is 20.2. The quantitative estimate of drug-likeness (QED) is 0.410. The summed E-state index contributed by atoms with van der Waals surface area (Å²) < 4.78 is 50.7. The van der Waals surface area contributed by atoms with Crippen molar-refractivity contribution < 1.29 is 20.6 Å². The summed E-state index contributed by atoms with van der Waals surface area (Å²) in [6, 6.07) is 5.34. The molecule has 0 radical (unpaired) electrons. The van der Waals surface area contributed by atoms with E-state index in [1.807, 2.05) is 6.92 Å². The van der Waals surface area contributed by atoms with Gasteiger partial charge in [-0.2, -0.15) is 5.26 Å². The Balaban J connectivity index is 2.04. The average Bonchev–Trinajstić information content (AvgIpc) is 2.88. The monoisotopic (exact) mass is 543 g/mol. The molecule has 0 aliphatic heterocycles. The van der Waals surface area contributed by atoms with Crippen LogP contribution in [0, 0.1) is 16.7 Å². The Hall–Kier alpha value is -0.0600. The van der Waals surface area contributed by atoms with Crippen molar-refractivity contribution in [2.75, 3.05) is 0 Å². The van der Waals surface area contributed by atoms with Gasteiger partial charge in [0, 0.05) is 30.4 Å². The molecule has 148 valence electrons. The summed E-state index contributed by atoms with van der Waals surface area (Å²) in [6.45, 7) is 3.43. The molecule has 2 aliphatic carbocycles. The summed E-state index contributed by atoms with van der Waals surface area (Å²) in [5.74, 6) is 0.474. The van der Waals surface area contributed by atoms with E-state index in [-0.39, 0.29) is 17.4 Å². The molecule has 0 amide bonds. The van der Waals surface area contributed by atoms with Crippen molar-refractivity contribution in [2.45, 2.75) is 60.6 Å². The fourth-order valence-corrected chi connectivity index (χ4v) is 6.19. The number of nitrogens with zero attached hydrogens (tertiary/aromatic N) is 1. The Bertz CT molecular complexity index is 907. The third kappa shape index (κ3) is 3.75. The van der Waals surface area contributed by atoms with Gasteiger partial charge in [0.2, 0.25) is 0 Å². The third-order valence-electron chi connectivity index (χ3n) is 5.17. The average molecular weight is 543 g/mol. The number of fused-ring (bicyclic) bond motifs is 1. The predicted molar refractivity (Wildman–Crippen MR) is 115 cm³/mol. The number of benzene rings is 1. The number of halogens is 2. The van der Waals surface area contributed by atoms with Crippen molar-refractivity contribution in [3.05, 3.63) is 23.3 Å². The molecule has 3 rings (SSSR count). The summed E-state index contributed by atoms with van der Waals surface area (Å²) in [4.78, 5) is 0.0645. The summed E-state index contributed by atoms with van der Waals surface area (Å²) in [5.41, 5.74) is 0.483. The van der Waals surface area contributed by atoms with E-state index in [9.17, 15) is 12.8 Å². The zero-order valence-corrected chi connectivity index (χ0v) is 20.2. The Morgan fingerprint density at radius 2 is 2.04 bits per heavy atom. The van der Waals surface area contributed by atoms with Crippen LogP contribution in [-0.2, 0) is 19.3 Å². The lowest BCUT2D eigenvalue weighted by Gasteiger charge is -2.39. The molecule has 2 aliphatic rings. The topological polar surface area (TPSA) is 76.4 Å². The standard InChI is InChI=1S/C17H21FINO4P2S/c1-16(8-20)6-9(7-16)23-12-3-4-13(27(21,22)17(2,25)26)14-10(12)5-11(18)15(14)24-19/h3-4,9,11,15H,5-7,25-26H2,1-2H3. The Kier molecular flexibility index (Phi) is 5.87. The molecule has 0 aromatic heterocycles. The van der Waals surface area contributed by atoms with Crippen LogP contribution in [-0.4, -0.2) is 24.9 Å². The van der Waals surface area contributed by atoms with Crippen molar-refractivity contribution in [3.63, 3.8) is 0 Å². The maximum atomic E-state index is 14.6. The molecule has 0 bridgehead atoms. The van der Waals surface area contributed by atoms with Crippen LogP contribution in [0.1, 0.15) is 43.9 Å². The predicted octanol–water partition coefficient (Wildman–Crippen LogP) is 4.26. The maximum Gasteiger partial charge on any atom is 0.191 e. The first kappa shape index (κ1) is 21.6. The van der Waals surface area contributed by atoms with E-state index in [1.165, 1.54) is 6.07 Å². The minimum Gasteiger partial charge on any atom is -0.490 e. The molecule has 0 N–H and O–H groups in total. The molecule has 10 heteroatoms. The lowest BCUT2D eigenvalue weighted by molar-refractivity contribution is 0.0333. The fraction of sp³-hybridized carbons (Fsp3) is 0.588.